The Morgan fingerprint density at radius 1 is 1.25 bits per heavy atom. The third-order valence-electron chi connectivity index (χ3n) is 3.36. The van der Waals surface area contributed by atoms with Crippen LogP contribution in [0, 0.1) is 11.6 Å². The van der Waals surface area contributed by atoms with Gasteiger partial charge in [0.05, 0.1) is 12.2 Å². The lowest BCUT2D eigenvalue weighted by Crippen LogP contribution is -2.39. The first-order valence-electron chi connectivity index (χ1n) is 7.37. The second kappa shape index (κ2) is 7.00. The van der Waals surface area contributed by atoms with E-state index in [9.17, 15) is 13.6 Å². The molecule has 0 aliphatic carbocycles. The highest BCUT2D eigenvalue weighted by atomic mass is 32.2. The highest BCUT2D eigenvalue weighted by Crippen LogP contribution is 2.30. The number of amidine groups is 1. The normalized spacial score (nSPS) is 16.6. The Morgan fingerprint density at radius 3 is 2.62 bits per heavy atom. The summed E-state index contributed by atoms with van der Waals surface area (Å²) in [6.45, 7) is 2.51. The number of hydrogen-bond acceptors (Lipinski definition) is 3. The summed E-state index contributed by atoms with van der Waals surface area (Å²) < 4.78 is 27.4. The zero-order chi connectivity index (χ0) is 17.1. The van der Waals surface area contributed by atoms with Gasteiger partial charge in [-0.3, -0.25) is 4.99 Å². The Balaban J connectivity index is 1.94. The number of amides is 2. The number of thioether (sulfide) groups is 1. The number of benzene rings is 2. The number of carbonyl (C=O) groups is 1. The number of nitrogens with one attached hydrogen (secondary N) is 1. The highest BCUT2D eigenvalue weighted by Gasteiger charge is 2.29. The lowest BCUT2D eigenvalue weighted by atomic mass is 10.2. The SMILES string of the molecule is C[C@@H]1CN=C(N(C(=O)Nc2ccccc2)c2ccc(F)cc2F)S1. The third kappa shape index (κ3) is 3.56. The Morgan fingerprint density at radius 2 is 2.00 bits per heavy atom. The third-order valence-corrected chi connectivity index (χ3v) is 4.43. The smallest absolute Gasteiger partial charge is 0.307 e. The van der Waals surface area contributed by atoms with Crippen LogP contribution in [0.1, 0.15) is 6.92 Å². The van der Waals surface area contributed by atoms with Gasteiger partial charge in [0.2, 0.25) is 0 Å². The Hall–Kier alpha value is -2.41. The van der Waals surface area contributed by atoms with Crippen LogP contribution in [0.15, 0.2) is 53.5 Å². The van der Waals surface area contributed by atoms with E-state index in [1.54, 1.807) is 24.3 Å². The van der Waals surface area contributed by atoms with Gasteiger partial charge in [-0.1, -0.05) is 36.9 Å². The fraction of sp³-hybridized carbons (Fsp3) is 0.176. The number of hydrogen-bond donors (Lipinski definition) is 1. The van der Waals surface area contributed by atoms with Gasteiger partial charge in [0.1, 0.15) is 11.6 Å². The quantitative estimate of drug-likeness (QED) is 0.870. The first-order valence-corrected chi connectivity index (χ1v) is 8.25. The van der Waals surface area contributed by atoms with Gasteiger partial charge in [-0.2, -0.15) is 0 Å². The summed E-state index contributed by atoms with van der Waals surface area (Å²) in [5, 5.41) is 3.29. The molecule has 2 aromatic rings. The second-order valence-corrected chi connectivity index (χ2v) is 6.68. The summed E-state index contributed by atoms with van der Waals surface area (Å²) >= 11 is 1.37. The second-order valence-electron chi connectivity index (χ2n) is 5.28. The molecule has 1 atom stereocenters. The molecule has 2 amide bonds. The van der Waals surface area contributed by atoms with Gasteiger partial charge in [0, 0.05) is 17.0 Å². The van der Waals surface area contributed by atoms with Crippen LogP contribution in [0.2, 0.25) is 0 Å². The number of para-hydroxylation sites is 1. The van der Waals surface area contributed by atoms with E-state index >= 15 is 0 Å². The molecule has 1 aliphatic heterocycles. The molecule has 2 aromatic carbocycles. The van der Waals surface area contributed by atoms with Crippen molar-refractivity contribution in [2.45, 2.75) is 12.2 Å². The summed E-state index contributed by atoms with van der Waals surface area (Å²) in [6.07, 6.45) is 0. The maximum atomic E-state index is 14.2. The predicted molar refractivity (Wildman–Crippen MR) is 93.7 cm³/mol. The molecule has 0 bridgehead atoms. The number of halogens is 2. The molecule has 0 spiro atoms. The van der Waals surface area contributed by atoms with Crippen molar-refractivity contribution in [2.24, 2.45) is 4.99 Å². The number of rotatable bonds is 2. The van der Waals surface area contributed by atoms with Crippen LogP contribution in [0.5, 0.6) is 0 Å². The number of aliphatic imine (C=N–C) groups is 1. The molecule has 3 rings (SSSR count). The minimum absolute atomic E-state index is 0.0369. The zero-order valence-electron chi connectivity index (χ0n) is 12.9. The minimum atomic E-state index is -0.818. The Kier molecular flexibility index (Phi) is 4.80. The Bertz CT molecular complexity index is 783. The molecule has 24 heavy (non-hydrogen) atoms. The Labute approximate surface area is 142 Å². The summed E-state index contributed by atoms with van der Waals surface area (Å²) in [6, 6.07) is 11.4. The molecule has 0 saturated heterocycles. The molecular weight excluding hydrogens is 332 g/mol. The first-order chi connectivity index (χ1) is 11.5. The number of anilines is 2. The van der Waals surface area contributed by atoms with E-state index in [-0.39, 0.29) is 10.9 Å². The van der Waals surface area contributed by atoms with Crippen LogP contribution in [0.25, 0.3) is 0 Å². The maximum Gasteiger partial charge on any atom is 0.332 e. The lowest BCUT2D eigenvalue weighted by molar-refractivity contribution is 0.259. The largest absolute Gasteiger partial charge is 0.332 e. The summed E-state index contributed by atoms with van der Waals surface area (Å²) in [7, 11) is 0. The van der Waals surface area contributed by atoms with Crippen molar-refractivity contribution < 1.29 is 13.6 Å². The monoisotopic (exact) mass is 347 g/mol. The van der Waals surface area contributed by atoms with Gasteiger partial charge in [-0.15, -0.1) is 0 Å². The van der Waals surface area contributed by atoms with Crippen molar-refractivity contribution in [3.8, 4) is 0 Å². The predicted octanol–water partition coefficient (Wildman–Crippen LogP) is 4.49. The maximum absolute atomic E-state index is 14.2. The van der Waals surface area contributed by atoms with Gasteiger partial charge < -0.3 is 5.32 Å². The summed E-state index contributed by atoms with van der Waals surface area (Å²) in [4.78, 5) is 18.2. The molecule has 1 N–H and O–H groups in total. The number of nitrogens with zero attached hydrogens (tertiary/aromatic N) is 2. The van der Waals surface area contributed by atoms with E-state index in [0.717, 1.165) is 17.0 Å². The molecular formula is C17H15F2N3OS. The van der Waals surface area contributed by atoms with Crippen molar-refractivity contribution in [1.82, 2.24) is 0 Å². The van der Waals surface area contributed by atoms with Crippen LogP contribution < -0.4 is 10.2 Å². The summed E-state index contributed by atoms with van der Waals surface area (Å²) in [5.41, 5.74) is 0.539. The molecule has 0 unspecified atom stereocenters. The van der Waals surface area contributed by atoms with E-state index < -0.39 is 17.7 Å². The van der Waals surface area contributed by atoms with Gasteiger partial charge in [0.15, 0.2) is 5.17 Å². The van der Waals surface area contributed by atoms with Crippen molar-refractivity contribution >= 4 is 34.3 Å². The standard InChI is InChI=1S/C17H15F2N3OS/c1-11-10-20-17(24-11)22(15-8-7-12(18)9-14(15)19)16(23)21-13-5-3-2-4-6-13/h2-9,11H,10H2,1H3,(H,21,23)/t11-/m1/s1. The molecule has 0 aromatic heterocycles. The van der Waals surface area contributed by atoms with Gasteiger partial charge in [-0.05, 0) is 24.3 Å². The molecule has 124 valence electrons. The van der Waals surface area contributed by atoms with E-state index in [0.29, 0.717) is 17.4 Å². The molecule has 0 fully saturated rings. The lowest BCUT2D eigenvalue weighted by Gasteiger charge is -2.23. The van der Waals surface area contributed by atoms with E-state index in [4.69, 9.17) is 0 Å². The number of carbonyl (C=O) groups excluding carboxylic acids is 1. The average Bonchev–Trinajstić information content (AvgIpc) is 2.97. The van der Waals surface area contributed by atoms with Crippen molar-refractivity contribution in [1.29, 1.82) is 0 Å². The van der Waals surface area contributed by atoms with Crippen LogP contribution in [-0.4, -0.2) is 23.0 Å². The minimum Gasteiger partial charge on any atom is -0.307 e. The van der Waals surface area contributed by atoms with E-state index in [2.05, 4.69) is 10.3 Å². The average molecular weight is 347 g/mol. The molecule has 0 radical (unpaired) electrons. The van der Waals surface area contributed by atoms with E-state index in [1.165, 1.54) is 17.8 Å². The molecule has 7 heteroatoms. The first kappa shape index (κ1) is 16.4. The number of urea groups is 1. The van der Waals surface area contributed by atoms with Crippen LogP contribution in [0.4, 0.5) is 25.0 Å². The fourth-order valence-corrected chi connectivity index (χ4v) is 3.19. The van der Waals surface area contributed by atoms with Gasteiger partial charge in [0.25, 0.3) is 0 Å². The molecule has 1 aliphatic rings. The van der Waals surface area contributed by atoms with Crippen LogP contribution in [0.3, 0.4) is 0 Å². The zero-order valence-corrected chi connectivity index (χ0v) is 13.7. The topological polar surface area (TPSA) is 44.7 Å². The van der Waals surface area contributed by atoms with E-state index in [1.807, 2.05) is 13.0 Å². The van der Waals surface area contributed by atoms with Crippen molar-refractivity contribution in [3.05, 3.63) is 60.2 Å². The molecule has 0 saturated carbocycles. The van der Waals surface area contributed by atoms with Crippen LogP contribution >= 0.6 is 11.8 Å². The van der Waals surface area contributed by atoms with Crippen LogP contribution in [-0.2, 0) is 0 Å². The fourth-order valence-electron chi connectivity index (χ4n) is 2.25. The summed E-state index contributed by atoms with van der Waals surface area (Å²) in [5.74, 6) is -1.52. The van der Waals surface area contributed by atoms with Gasteiger partial charge >= 0.3 is 6.03 Å². The molecule has 4 nitrogen and oxygen atoms in total. The highest BCUT2D eigenvalue weighted by molar-refractivity contribution is 8.15. The van der Waals surface area contributed by atoms with Crippen molar-refractivity contribution in [2.75, 3.05) is 16.8 Å². The molecule has 1 heterocycles. The van der Waals surface area contributed by atoms with Crippen molar-refractivity contribution in [3.63, 3.8) is 0 Å². The van der Waals surface area contributed by atoms with Gasteiger partial charge in [-0.25, -0.2) is 18.5 Å².